The van der Waals surface area contributed by atoms with Crippen LogP contribution in [0.1, 0.15) is 153 Å². The first-order valence-electron chi connectivity index (χ1n) is 18.8. The van der Waals surface area contributed by atoms with Gasteiger partial charge >= 0.3 is 5.97 Å². The van der Waals surface area contributed by atoms with E-state index in [0.29, 0.717) is 11.3 Å². The second-order valence-electron chi connectivity index (χ2n) is 14.1. The Labute approximate surface area is 275 Å². The largest absolute Gasteiger partial charge is 0.494 e. The number of carbonyl (C=O) groups excluding carboxylic acids is 1. The molecule has 0 radical (unpaired) electrons. The molecule has 0 aliphatic heterocycles. The third-order valence-corrected chi connectivity index (χ3v) is 10.5. The van der Waals surface area contributed by atoms with E-state index in [4.69, 9.17) is 14.2 Å². The zero-order chi connectivity index (χ0) is 31.5. The Balaban J connectivity index is 1.05. The Morgan fingerprint density at radius 3 is 1.27 bits per heavy atom. The first-order valence-corrected chi connectivity index (χ1v) is 18.8. The lowest BCUT2D eigenvalue weighted by Gasteiger charge is -2.28. The van der Waals surface area contributed by atoms with Crippen LogP contribution in [0.25, 0.3) is 0 Å². The summed E-state index contributed by atoms with van der Waals surface area (Å²) < 4.78 is 17.6. The van der Waals surface area contributed by atoms with E-state index in [9.17, 15) is 4.79 Å². The standard InChI is InChI=1S/C41H62O4/c1-3-5-7-11-33-15-19-35(20-16-33)13-9-31-43-38-25-23-37(24-26-38)41(42)45-40-29-27-39(28-30-40)44-32-10-14-36-21-17-34(18-22-36)12-8-6-4-2/h23-30,33-36H,3-22,31-32H2,1-2H3/t33-,34-,35-,36-. The molecule has 4 heteroatoms. The second kappa shape index (κ2) is 20.6. The minimum Gasteiger partial charge on any atom is -0.494 e. The molecule has 2 aromatic carbocycles. The molecule has 4 rings (SSSR count). The van der Waals surface area contributed by atoms with Crippen LogP contribution in [0.15, 0.2) is 48.5 Å². The predicted molar refractivity (Wildman–Crippen MR) is 186 cm³/mol. The number of hydrogen-bond acceptors (Lipinski definition) is 4. The second-order valence-corrected chi connectivity index (χ2v) is 14.1. The lowest BCUT2D eigenvalue weighted by Crippen LogP contribution is -2.15. The fourth-order valence-electron chi connectivity index (χ4n) is 7.56. The molecule has 0 bridgehead atoms. The van der Waals surface area contributed by atoms with E-state index in [0.717, 1.165) is 61.2 Å². The van der Waals surface area contributed by atoms with E-state index in [1.807, 2.05) is 36.4 Å². The number of ether oxygens (including phenoxy) is 3. The third-order valence-electron chi connectivity index (χ3n) is 10.5. The molecule has 4 nitrogen and oxygen atoms in total. The van der Waals surface area contributed by atoms with Gasteiger partial charge in [0, 0.05) is 0 Å². The average molecular weight is 619 g/mol. The molecule has 2 fully saturated rings. The van der Waals surface area contributed by atoms with Crippen molar-refractivity contribution >= 4 is 5.97 Å². The summed E-state index contributed by atoms with van der Waals surface area (Å²) >= 11 is 0. The van der Waals surface area contributed by atoms with E-state index in [2.05, 4.69) is 13.8 Å². The van der Waals surface area contributed by atoms with Crippen molar-refractivity contribution in [2.24, 2.45) is 23.7 Å². The van der Waals surface area contributed by atoms with Crippen molar-refractivity contribution in [2.75, 3.05) is 13.2 Å². The van der Waals surface area contributed by atoms with Crippen LogP contribution in [-0.4, -0.2) is 19.2 Å². The first kappa shape index (κ1) is 35.4. The highest BCUT2D eigenvalue weighted by Gasteiger charge is 2.21. The lowest BCUT2D eigenvalue weighted by atomic mass is 9.78. The van der Waals surface area contributed by atoms with Gasteiger partial charge in [0.2, 0.25) is 0 Å². The number of unbranched alkanes of at least 4 members (excludes halogenated alkanes) is 4. The van der Waals surface area contributed by atoms with Gasteiger partial charge in [-0.1, -0.05) is 117 Å². The van der Waals surface area contributed by atoms with E-state index in [-0.39, 0.29) is 5.97 Å². The Hall–Kier alpha value is -2.49. The van der Waals surface area contributed by atoms with Crippen LogP contribution in [0.4, 0.5) is 0 Å². The number of esters is 1. The monoisotopic (exact) mass is 618 g/mol. The predicted octanol–water partition coefficient (Wildman–Crippen LogP) is 12.0. The van der Waals surface area contributed by atoms with Crippen molar-refractivity contribution in [3.63, 3.8) is 0 Å². The van der Waals surface area contributed by atoms with Gasteiger partial charge in [-0.3, -0.25) is 0 Å². The topological polar surface area (TPSA) is 44.8 Å². The zero-order valence-electron chi connectivity index (χ0n) is 28.6. The van der Waals surface area contributed by atoms with Crippen molar-refractivity contribution < 1.29 is 19.0 Å². The molecule has 0 amide bonds. The van der Waals surface area contributed by atoms with E-state index in [1.54, 1.807) is 12.1 Å². The summed E-state index contributed by atoms with van der Waals surface area (Å²) in [7, 11) is 0. The molecule has 0 atom stereocenters. The minimum atomic E-state index is -0.361. The summed E-state index contributed by atoms with van der Waals surface area (Å²) in [6.07, 6.45) is 27.1. The number of benzene rings is 2. The summed E-state index contributed by atoms with van der Waals surface area (Å²) in [5.74, 6) is 5.49. The summed E-state index contributed by atoms with van der Waals surface area (Å²) in [4.78, 5) is 12.7. The number of rotatable bonds is 20. The van der Waals surface area contributed by atoms with Gasteiger partial charge in [-0.25, -0.2) is 4.79 Å². The van der Waals surface area contributed by atoms with Crippen molar-refractivity contribution in [3.8, 4) is 17.2 Å². The summed E-state index contributed by atoms with van der Waals surface area (Å²) in [5.41, 5.74) is 0.522. The van der Waals surface area contributed by atoms with Crippen molar-refractivity contribution in [3.05, 3.63) is 54.1 Å². The van der Waals surface area contributed by atoms with Crippen LogP contribution in [0.2, 0.25) is 0 Å². The fraction of sp³-hybridized carbons (Fsp3) is 0.683. The van der Waals surface area contributed by atoms with Crippen LogP contribution in [0.5, 0.6) is 17.2 Å². The van der Waals surface area contributed by atoms with Crippen LogP contribution in [0, 0.1) is 23.7 Å². The SMILES string of the molecule is CCCCC[C@H]1CC[C@H](CCCOc2ccc(OC(=O)c3ccc(OCCC[C@H]4CC[C@H](CCCCC)CC4)cc3)cc2)CC1. The summed E-state index contributed by atoms with van der Waals surface area (Å²) in [6.45, 7) is 6.05. The Morgan fingerprint density at radius 1 is 0.511 bits per heavy atom. The molecule has 0 unspecified atom stereocenters. The first-order chi connectivity index (χ1) is 22.1. The van der Waals surface area contributed by atoms with Crippen molar-refractivity contribution in [2.45, 2.75) is 142 Å². The molecule has 2 aliphatic rings. The van der Waals surface area contributed by atoms with Gasteiger partial charge in [-0.2, -0.15) is 0 Å². The zero-order valence-corrected chi connectivity index (χ0v) is 28.6. The van der Waals surface area contributed by atoms with Gasteiger partial charge in [0.15, 0.2) is 0 Å². The van der Waals surface area contributed by atoms with E-state index < -0.39 is 0 Å². The summed E-state index contributed by atoms with van der Waals surface area (Å²) in [5, 5.41) is 0. The molecule has 0 N–H and O–H groups in total. The maximum Gasteiger partial charge on any atom is 0.343 e. The third kappa shape index (κ3) is 13.4. The molecular weight excluding hydrogens is 556 g/mol. The van der Waals surface area contributed by atoms with Crippen LogP contribution in [0.3, 0.4) is 0 Å². The lowest BCUT2D eigenvalue weighted by molar-refractivity contribution is 0.0734. The minimum absolute atomic E-state index is 0.361. The highest BCUT2D eigenvalue weighted by molar-refractivity contribution is 5.91. The normalized spacial score (nSPS) is 21.7. The fourth-order valence-corrected chi connectivity index (χ4v) is 7.56. The maximum absolute atomic E-state index is 12.7. The summed E-state index contributed by atoms with van der Waals surface area (Å²) in [6, 6.07) is 14.7. The smallest absolute Gasteiger partial charge is 0.343 e. The molecular formula is C41H62O4. The molecule has 2 aromatic rings. The van der Waals surface area contributed by atoms with Crippen LogP contribution in [-0.2, 0) is 0 Å². The Morgan fingerprint density at radius 2 is 0.867 bits per heavy atom. The Bertz CT molecular complexity index is 1050. The van der Waals surface area contributed by atoms with Gasteiger partial charge in [0.05, 0.1) is 18.8 Å². The van der Waals surface area contributed by atoms with Gasteiger partial charge in [0.25, 0.3) is 0 Å². The Kier molecular flexibility index (Phi) is 16.2. The molecule has 0 saturated heterocycles. The molecule has 45 heavy (non-hydrogen) atoms. The molecule has 0 spiro atoms. The highest BCUT2D eigenvalue weighted by atomic mass is 16.5. The average Bonchev–Trinajstić information content (AvgIpc) is 3.07. The molecule has 2 saturated carbocycles. The molecule has 0 aromatic heterocycles. The van der Waals surface area contributed by atoms with Crippen molar-refractivity contribution in [1.29, 1.82) is 0 Å². The maximum atomic E-state index is 12.7. The van der Waals surface area contributed by atoms with Gasteiger partial charge in [0.1, 0.15) is 17.2 Å². The number of hydrogen-bond donors (Lipinski definition) is 0. The van der Waals surface area contributed by atoms with E-state index in [1.165, 1.54) is 116 Å². The van der Waals surface area contributed by atoms with Crippen LogP contribution < -0.4 is 14.2 Å². The van der Waals surface area contributed by atoms with Gasteiger partial charge < -0.3 is 14.2 Å². The molecule has 250 valence electrons. The molecule has 0 heterocycles. The number of carbonyl (C=O) groups is 1. The highest BCUT2D eigenvalue weighted by Crippen LogP contribution is 2.35. The van der Waals surface area contributed by atoms with Crippen molar-refractivity contribution in [1.82, 2.24) is 0 Å². The van der Waals surface area contributed by atoms with Gasteiger partial charge in [-0.05, 0) is 97.9 Å². The van der Waals surface area contributed by atoms with Gasteiger partial charge in [-0.15, -0.1) is 0 Å². The molecule has 2 aliphatic carbocycles. The van der Waals surface area contributed by atoms with E-state index >= 15 is 0 Å². The quantitative estimate of drug-likeness (QED) is 0.0841. The van der Waals surface area contributed by atoms with Crippen LogP contribution >= 0.6 is 0 Å².